The number of nitrogens with zero attached hydrogens (tertiary/aromatic N) is 1. The predicted molar refractivity (Wildman–Crippen MR) is 66.5 cm³/mol. The van der Waals surface area contributed by atoms with Crippen molar-refractivity contribution in [2.75, 3.05) is 0 Å². The highest BCUT2D eigenvalue weighted by molar-refractivity contribution is 5.97. The third-order valence-electron chi connectivity index (χ3n) is 2.39. The number of rotatable bonds is 3. The summed E-state index contributed by atoms with van der Waals surface area (Å²) in [4.78, 5) is 3.98. The van der Waals surface area contributed by atoms with E-state index in [4.69, 9.17) is 15.9 Å². The molecule has 0 radical (unpaired) electrons. The molecule has 0 fully saturated rings. The number of ether oxygens (including phenoxy) is 1. The number of para-hydroxylation sites is 1. The number of aryl methyl sites for hydroxylation is 1. The van der Waals surface area contributed by atoms with Gasteiger partial charge in [-0.1, -0.05) is 18.2 Å². The molecule has 1 aromatic heterocycles. The highest BCUT2D eigenvalue weighted by Gasteiger charge is 2.08. The number of hydrogen-bond acceptors (Lipinski definition) is 3. The molecule has 4 heteroatoms. The Morgan fingerprint density at radius 2 is 2.00 bits per heavy atom. The number of nitrogen functional groups attached to an aromatic ring is 1. The van der Waals surface area contributed by atoms with Gasteiger partial charge in [0.1, 0.15) is 11.6 Å². The first kappa shape index (κ1) is 11.1. The van der Waals surface area contributed by atoms with Gasteiger partial charge in [0.05, 0.1) is 11.8 Å². The highest BCUT2D eigenvalue weighted by atomic mass is 16.5. The Balaban J connectivity index is 2.37. The number of amidine groups is 1. The van der Waals surface area contributed by atoms with Crippen LogP contribution < -0.4 is 10.5 Å². The zero-order chi connectivity index (χ0) is 12.3. The molecule has 3 N–H and O–H groups in total. The molecular formula is C13H13N3O. The lowest BCUT2D eigenvalue weighted by Crippen LogP contribution is -2.12. The largest absolute Gasteiger partial charge is 0.455 e. The molecule has 0 atom stereocenters. The summed E-state index contributed by atoms with van der Waals surface area (Å²) in [6.07, 6.45) is 3.14. The molecular weight excluding hydrogens is 214 g/mol. The van der Waals surface area contributed by atoms with Crippen LogP contribution in [-0.2, 0) is 0 Å². The number of aromatic nitrogens is 1. The van der Waals surface area contributed by atoms with Crippen LogP contribution in [0.25, 0.3) is 0 Å². The Kier molecular flexibility index (Phi) is 3.05. The minimum atomic E-state index is -0.0315. The second kappa shape index (κ2) is 4.65. The van der Waals surface area contributed by atoms with Crippen LogP contribution in [0.3, 0.4) is 0 Å². The van der Waals surface area contributed by atoms with E-state index in [1.165, 1.54) is 0 Å². The second-order valence-corrected chi connectivity index (χ2v) is 3.65. The van der Waals surface area contributed by atoms with Crippen molar-refractivity contribution in [2.45, 2.75) is 6.92 Å². The Labute approximate surface area is 99.6 Å². The third-order valence-corrected chi connectivity index (χ3v) is 2.39. The van der Waals surface area contributed by atoms with Gasteiger partial charge in [0.15, 0.2) is 5.75 Å². The van der Waals surface area contributed by atoms with Gasteiger partial charge in [-0.25, -0.2) is 0 Å². The lowest BCUT2D eigenvalue weighted by Gasteiger charge is -2.11. The Morgan fingerprint density at radius 3 is 2.71 bits per heavy atom. The van der Waals surface area contributed by atoms with Crippen LogP contribution in [0, 0.1) is 12.3 Å². The lowest BCUT2D eigenvalue weighted by atomic mass is 10.2. The van der Waals surface area contributed by atoms with Crippen molar-refractivity contribution in [3.8, 4) is 11.5 Å². The number of nitrogens with two attached hydrogens (primary N) is 1. The third kappa shape index (κ3) is 2.42. The van der Waals surface area contributed by atoms with Crippen LogP contribution in [0.1, 0.15) is 11.1 Å². The molecule has 86 valence electrons. The second-order valence-electron chi connectivity index (χ2n) is 3.65. The summed E-state index contributed by atoms with van der Waals surface area (Å²) >= 11 is 0. The van der Waals surface area contributed by atoms with Gasteiger partial charge in [-0.05, 0) is 24.6 Å². The van der Waals surface area contributed by atoms with E-state index in [1.807, 2.05) is 31.2 Å². The standard InChI is InChI=1S/C13H13N3O/c1-9-4-2-3-5-11(9)17-12-8-16-7-6-10(12)13(14)15/h2-8H,1H3,(H3,14,15). The first-order valence-corrected chi connectivity index (χ1v) is 5.20. The summed E-state index contributed by atoms with van der Waals surface area (Å²) in [7, 11) is 0. The van der Waals surface area contributed by atoms with E-state index in [1.54, 1.807) is 18.5 Å². The summed E-state index contributed by atoms with van der Waals surface area (Å²) in [5.74, 6) is 1.20. The van der Waals surface area contributed by atoms with Crippen molar-refractivity contribution >= 4 is 5.84 Å². The van der Waals surface area contributed by atoms with E-state index in [0.29, 0.717) is 11.3 Å². The van der Waals surface area contributed by atoms with Crippen molar-refractivity contribution in [3.05, 3.63) is 53.9 Å². The monoisotopic (exact) mass is 227 g/mol. The van der Waals surface area contributed by atoms with Crippen LogP contribution in [-0.4, -0.2) is 10.8 Å². The minimum absolute atomic E-state index is 0.0315. The quantitative estimate of drug-likeness (QED) is 0.625. The molecule has 1 aromatic carbocycles. The molecule has 0 bridgehead atoms. The van der Waals surface area contributed by atoms with Gasteiger partial charge in [0, 0.05) is 6.20 Å². The van der Waals surface area contributed by atoms with Crippen molar-refractivity contribution in [1.29, 1.82) is 5.41 Å². The number of benzene rings is 1. The number of pyridine rings is 1. The van der Waals surface area contributed by atoms with Gasteiger partial charge in [-0.15, -0.1) is 0 Å². The molecule has 17 heavy (non-hydrogen) atoms. The highest BCUT2D eigenvalue weighted by Crippen LogP contribution is 2.26. The average Bonchev–Trinajstić information content (AvgIpc) is 2.32. The van der Waals surface area contributed by atoms with E-state index < -0.39 is 0 Å². The molecule has 0 aliphatic heterocycles. The molecule has 0 amide bonds. The Hall–Kier alpha value is -2.36. The fourth-order valence-corrected chi connectivity index (χ4v) is 1.47. The zero-order valence-corrected chi connectivity index (χ0v) is 9.47. The fourth-order valence-electron chi connectivity index (χ4n) is 1.47. The van der Waals surface area contributed by atoms with Crippen LogP contribution in [0.5, 0.6) is 11.5 Å². The van der Waals surface area contributed by atoms with Gasteiger partial charge >= 0.3 is 0 Å². The zero-order valence-electron chi connectivity index (χ0n) is 9.47. The first-order chi connectivity index (χ1) is 8.18. The van der Waals surface area contributed by atoms with Crippen molar-refractivity contribution in [1.82, 2.24) is 4.98 Å². The van der Waals surface area contributed by atoms with Crippen molar-refractivity contribution in [2.24, 2.45) is 5.73 Å². The van der Waals surface area contributed by atoms with Crippen LogP contribution >= 0.6 is 0 Å². The topological polar surface area (TPSA) is 72.0 Å². The van der Waals surface area contributed by atoms with E-state index in [9.17, 15) is 0 Å². The molecule has 4 nitrogen and oxygen atoms in total. The molecule has 2 rings (SSSR count). The molecule has 0 aliphatic carbocycles. The van der Waals surface area contributed by atoms with Crippen LogP contribution in [0.4, 0.5) is 0 Å². The number of nitrogens with one attached hydrogen (secondary N) is 1. The summed E-state index contributed by atoms with van der Waals surface area (Å²) in [5.41, 5.74) is 7.05. The molecule has 0 aliphatic rings. The summed E-state index contributed by atoms with van der Waals surface area (Å²) in [6.45, 7) is 1.96. The lowest BCUT2D eigenvalue weighted by molar-refractivity contribution is 0.475. The van der Waals surface area contributed by atoms with Gasteiger partial charge in [-0.3, -0.25) is 10.4 Å². The maximum Gasteiger partial charge on any atom is 0.156 e. The maximum absolute atomic E-state index is 7.47. The molecule has 0 unspecified atom stereocenters. The van der Waals surface area contributed by atoms with E-state index in [2.05, 4.69) is 4.98 Å². The van der Waals surface area contributed by atoms with Crippen molar-refractivity contribution in [3.63, 3.8) is 0 Å². The van der Waals surface area contributed by atoms with Gasteiger partial charge in [0.25, 0.3) is 0 Å². The SMILES string of the molecule is Cc1ccccc1Oc1cnccc1C(=N)N. The van der Waals surface area contributed by atoms with Gasteiger partial charge in [-0.2, -0.15) is 0 Å². The Bertz CT molecular complexity index is 552. The van der Waals surface area contributed by atoms with E-state index in [0.717, 1.165) is 11.3 Å². The predicted octanol–water partition coefficient (Wildman–Crippen LogP) is 2.47. The summed E-state index contributed by atoms with van der Waals surface area (Å²) in [5, 5.41) is 7.47. The summed E-state index contributed by atoms with van der Waals surface area (Å²) in [6, 6.07) is 9.32. The van der Waals surface area contributed by atoms with Crippen molar-refractivity contribution < 1.29 is 4.74 Å². The normalized spacial score (nSPS) is 9.94. The average molecular weight is 227 g/mol. The number of hydrogen-bond donors (Lipinski definition) is 2. The van der Waals surface area contributed by atoms with Gasteiger partial charge < -0.3 is 10.5 Å². The van der Waals surface area contributed by atoms with E-state index in [-0.39, 0.29) is 5.84 Å². The molecule has 0 spiro atoms. The maximum atomic E-state index is 7.47. The van der Waals surface area contributed by atoms with Crippen LogP contribution in [0.2, 0.25) is 0 Å². The molecule has 0 saturated heterocycles. The fraction of sp³-hybridized carbons (Fsp3) is 0.0769. The molecule has 2 aromatic rings. The molecule has 0 saturated carbocycles. The minimum Gasteiger partial charge on any atom is -0.455 e. The van der Waals surface area contributed by atoms with Crippen LogP contribution in [0.15, 0.2) is 42.7 Å². The smallest absolute Gasteiger partial charge is 0.156 e. The Morgan fingerprint density at radius 1 is 1.24 bits per heavy atom. The first-order valence-electron chi connectivity index (χ1n) is 5.20. The summed E-state index contributed by atoms with van der Waals surface area (Å²) < 4.78 is 5.72. The molecule has 1 heterocycles. The van der Waals surface area contributed by atoms with E-state index >= 15 is 0 Å². The van der Waals surface area contributed by atoms with Gasteiger partial charge in [0.2, 0.25) is 0 Å².